The quantitative estimate of drug-likeness (QED) is 0.741. The molecule has 1 aromatic carbocycles. The summed E-state index contributed by atoms with van der Waals surface area (Å²) in [5.41, 5.74) is 1.03. The average molecular weight is 221 g/mol. The number of carbonyl (C=O) groups excluding carboxylic acids is 1. The van der Waals surface area contributed by atoms with Crippen LogP contribution in [0.15, 0.2) is 18.2 Å². The predicted molar refractivity (Wildman–Crippen MR) is 59.5 cm³/mol. The molecule has 0 unspecified atom stereocenters. The van der Waals surface area contributed by atoms with Gasteiger partial charge in [0.2, 0.25) is 5.91 Å². The van der Waals surface area contributed by atoms with Crippen LogP contribution in [0.2, 0.25) is 0 Å². The smallest absolute Gasteiger partial charge is 0.228 e. The second kappa shape index (κ2) is 3.63. The molecule has 0 saturated heterocycles. The van der Waals surface area contributed by atoms with Gasteiger partial charge in [0, 0.05) is 24.1 Å². The number of aromatic nitrogens is 1. The lowest BCUT2D eigenvalue weighted by atomic mass is 10.2. The van der Waals surface area contributed by atoms with Crippen molar-refractivity contribution >= 4 is 16.8 Å². The largest absolute Gasteiger partial charge is 0.497 e. The molecule has 2 rings (SSSR count). The number of hydrogen-bond donors (Lipinski definition) is 0. The standard InChI is InChI=1S/C12H12FNO2/c1-7-4-9-5-10(16-3)6-11(13)12(9)14(7)8(2)15/h4-6H,1-3H3. The molecule has 84 valence electrons. The Hall–Kier alpha value is -1.84. The lowest BCUT2D eigenvalue weighted by Gasteiger charge is -2.05. The van der Waals surface area contributed by atoms with Gasteiger partial charge in [0.15, 0.2) is 5.82 Å². The van der Waals surface area contributed by atoms with Gasteiger partial charge in [0.25, 0.3) is 0 Å². The number of nitrogens with zero attached hydrogens (tertiary/aromatic N) is 1. The Morgan fingerprint density at radius 2 is 2.06 bits per heavy atom. The number of fused-ring (bicyclic) bond motifs is 1. The Morgan fingerprint density at radius 3 is 2.62 bits per heavy atom. The molecule has 0 aliphatic carbocycles. The molecule has 0 saturated carbocycles. The van der Waals surface area contributed by atoms with Gasteiger partial charge < -0.3 is 4.74 Å². The van der Waals surface area contributed by atoms with Gasteiger partial charge in [-0.2, -0.15) is 0 Å². The molecule has 0 atom stereocenters. The molecular weight excluding hydrogens is 209 g/mol. The third kappa shape index (κ3) is 1.46. The minimum absolute atomic E-state index is 0.198. The Bertz CT molecular complexity index is 572. The zero-order chi connectivity index (χ0) is 11.9. The summed E-state index contributed by atoms with van der Waals surface area (Å²) >= 11 is 0. The van der Waals surface area contributed by atoms with Crippen LogP contribution in [0, 0.1) is 12.7 Å². The summed E-state index contributed by atoms with van der Waals surface area (Å²) in [6, 6.07) is 4.76. The molecule has 0 amide bonds. The zero-order valence-electron chi connectivity index (χ0n) is 9.37. The summed E-state index contributed by atoms with van der Waals surface area (Å²) in [6.07, 6.45) is 0. The third-order valence-electron chi connectivity index (χ3n) is 2.56. The van der Waals surface area contributed by atoms with Gasteiger partial charge in [-0.3, -0.25) is 9.36 Å². The highest BCUT2D eigenvalue weighted by molar-refractivity contribution is 5.93. The van der Waals surface area contributed by atoms with Crippen LogP contribution in [0.4, 0.5) is 4.39 Å². The molecule has 0 bridgehead atoms. The van der Waals surface area contributed by atoms with E-state index in [9.17, 15) is 9.18 Å². The van der Waals surface area contributed by atoms with Crippen LogP contribution in [0.5, 0.6) is 5.75 Å². The molecule has 1 aromatic heterocycles. The highest BCUT2D eigenvalue weighted by atomic mass is 19.1. The molecule has 1 heterocycles. The summed E-state index contributed by atoms with van der Waals surface area (Å²) < 4.78 is 20.2. The second-order valence-corrected chi connectivity index (χ2v) is 3.69. The fourth-order valence-electron chi connectivity index (χ4n) is 1.93. The highest BCUT2D eigenvalue weighted by Crippen LogP contribution is 2.27. The first-order valence-corrected chi connectivity index (χ1v) is 4.91. The van der Waals surface area contributed by atoms with Crippen LogP contribution in [0.1, 0.15) is 17.4 Å². The Balaban J connectivity index is 2.85. The number of benzene rings is 1. The molecule has 0 N–H and O–H groups in total. The fourth-order valence-corrected chi connectivity index (χ4v) is 1.93. The van der Waals surface area contributed by atoms with E-state index < -0.39 is 5.82 Å². The van der Waals surface area contributed by atoms with Crippen LogP contribution in [0.25, 0.3) is 10.9 Å². The molecular formula is C12H12FNO2. The van der Waals surface area contributed by atoms with Gasteiger partial charge in [-0.05, 0) is 19.1 Å². The van der Waals surface area contributed by atoms with E-state index in [1.54, 1.807) is 19.1 Å². The maximum Gasteiger partial charge on any atom is 0.228 e. The van der Waals surface area contributed by atoms with Crippen molar-refractivity contribution in [1.82, 2.24) is 4.57 Å². The third-order valence-corrected chi connectivity index (χ3v) is 2.56. The van der Waals surface area contributed by atoms with E-state index >= 15 is 0 Å². The maximum absolute atomic E-state index is 13.8. The average Bonchev–Trinajstić information content (AvgIpc) is 2.54. The fraction of sp³-hybridized carbons (Fsp3) is 0.250. The first kappa shape index (κ1) is 10.7. The number of carbonyl (C=O) groups is 1. The van der Waals surface area contributed by atoms with Crippen molar-refractivity contribution in [3.63, 3.8) is 0 Å². The van der Waals surface area contributed by atoms with Gasteiger partial charge in [-0.1, -0.05) is 0 Å². The minimum Gasteiger partial charge on any atom is -0.497 e. The van der Waals surface area contributed by atoms with E-state index in [0.717, 1.165) is 5.69 Å². The van der Waals surface area contributed by atoms with E-state index in [4.69, 9.17) is 4.74 Å². The first-order chi connectivity index (χ1) is 7.54. The summed E-state index contributed by atoms with van der Waals surface area (Å²) in [4.78, 5) is 11.4. The van der Waals surface area contributed by atoms with Gasteiger partial charge in [-0.25, -0.2) is 4.39 Å². The molecule has 2 aromatic rings. The van der Waals surface area contributed by atoms with Crippen molar-refractivity contribution in [2.75, 3.05) is 7.11 Å². The molecule has 16 heavy (non-hydrogen) atoms. The lowest BCUT2D eigenvalue weighted by Crippen LogP contribution is -2.07. The van der Waals surface area contributed by atoms with Crippen LogP contribution in [-0.4, -0.2) is 17.6 Å². The van der Waals surface area contributed by atoms with E-state index in [0.29, 0.717) is 16.7 Å². The highest BCUT2D eigenvalue weighted by Gasteiger charge is 2.14. The normalized spacial score (nSPS) is 10.8. The molecule has 0 aliphatic heterocycles. The Labute approximate surface area is 92.4 Å². The van der Waals surface area contributed by atoms with Crippen LogP contribution < -0.4 is 4.74 Å². The topological polar surface area (TPSA) is 31.2 Å². The summed E-state index contributed by atoms with van der Waals surface area (Å²) in [5, 5.41) is 0.671. The lowest BCUT2D eigenvalue weighted by molar-refractivity contribution is 0.0939. The molecule has 3 nitrogen and oxygen atoms in total. The maximum atomic E-state index is 13.8. The van der Waals surface area contributed by atoms with Crippen LogP contribution in [-0.2, 0) is 0 Å². The van der Waals surface area contributed by atoms with Gasteiger partial charge in [0.1, 0.15) is 5.75 Å². The van der Waals surface area contributed by atoms with E-state index in [1.165, 1.54) is 24.7 Å². The van der Waals surface area contributed by atoms with Gasteiger partial charge >= 0.3 is 0 Å². The van der Waals surface area contributed by atoms with Crippen molar-refractivity contribution in [2.24, 2.45) is 0 Å². The predicted octanol–water partition coefficient (Wildman–Crippen LogP) is 2.76. The van der Waals surface area contributed by atoms with Crippen LogP contribution >= 0.6 is 0 Å². The van der Waals surface area contributed by atoms with E-state index in [2.05, 4.69) is 0 Å². The number of halogens is 1. The summed E-state index contributed by atoms with van der Waals surface area (Å²) in [7, 11) is 1.48. The number of aryl methyl sites for hydroxylation is 1. The van der Waals surface area contributed by atoms with Gasteiger partial charge in [-0.15, -0.1) is 0 Å². The van der Waals surface area contributed by atoms with Crippen molar-refractivity contribution in [1.29, 1.82) is 0 Å². The van der Waals surface area contributed by atoms with E-state index in [1.807, 2.05) is 0 Å². The van der Waals surface area contributed by atoms with Crippen LogP contribution in [0.3, 0.4) is 0 Å². The Morgan fingerprint density at radius 1 is 1.38 bits per heavy atom. The summed E-state index contributed by atoms with van der Waals surface area (Å²) in [5.74, 6) is -0.195. The molecule has 0 fully saturated rings. The van der Waals surface area contributed by atoms with Crippen molar-refractivity contribution in [2.45, 2.75) is 13.8 Å². The van der Waals surface area contributed by atoms with Crippen molar-refractivity contribution in [3.8, 4) is 5.75 Å². The van der Waals surface area contributed by atoms with Crippen molar-refractivity contribution in [3.05, 3.63) is 29.7 Å². The van der Waals surface area contributed by atoms with Gasteiger partial charge in [0.05, 0.1) is 12.6 Å². The van der Waals surface area contributed by atoms with E-state index in [-0.39, 0.29) is 5.91 Å². The molecule has 0 radical (unpaired) electrons. The number of ether oxygens (including phenoxy) is 1. The van der Waals surface area contributed by atoms with Crippen molar-refractivity contribution < 1.29 is 13.9 Å². The number of hydrogen-bond acceptors (Lipinski definition) is 2. The summed E-state index contributed by atoms with van der Waals surface area (Å²) in [6.45, 7) is 3.18. The monoisotopic (exact) mass is 221 g/mol. The first-order valence-electron chi connectivity index (χ1n) is 4.91. The Kier molecular flexibility index (Phi) is 2.42. The second-order valence-electron chi connectivity index (χ2n) is 3.69. The molecule has 4 heteroatoms. The number of rotatable bonds is 1. The number of methoxy groups -OCH3 is 1. The minimum atomic E-state index is -0.447. The molecule has 0 aliphatic rings. The molecule has 0 spiro atoms. The zero-order valence-corrected chi connectivity index (χ0v) is 9.37. The SMILES string of the molecule is COc1cc(F)c2c(c1)cc(C)n2C(C)=O.